The van der Waals surface area contributed by atoms with Gasteiger partial charge in [0.15, 0.2) is 0 Å². The summed E-state index contributed by atoms with van der Waals surface area (Å²) in [6.45, 7) is 7.32. The maximum absolute atomic E-state index is 3.12. The van der Waals surface area contributed by atoms with E-state index in [4.69, 9.17) is 0 Å². The summed E-state index contributed by atoms with van der Waals surface area (Å²) in [5.74, 6) is 0. The van der Waals surface area contributed by atoms with E-state index in [2.05, 4.69) is 24.4 Å². The summed E-state index contributed by atoms with van der Waals surface area (Å²) < 4.78 is 0. The molecule has 0 atom stereocenters. The molecule has 15 heavy (non-hydrogen) atoms. The van der Waals surface area contributed by atoms with Gasteiger partial charge >= 0.3 is 21.7 Å². The molecule has 0 aromatic heterocycles. The SMILES string of the molecule is C[CH-]NCCCC.Cl.Cl.[C-]1=CC=CC1.[Ti+2]. The van der Waals surface area contributed by atoms with Crippen LogP contribution < -0.4 is 5.32 Å². The van der Waals surface area contributed by atoms with Crippen molar-refractivity contribution in [2.45, 2.75) is 33.1 Å². The summed E-state index contributed by atoms with van der Waals surface area (Å²) in [5.41, 5.74) is 0. The summed E-state index contributed by atoms with van der Waals surface area (Å²) in [6, 6.07) is 0. The molecule has 0 amide bonds. The first-order valence-corrected chi connectivity index (χ1v) is 4.64. The predicted molar refractivity (Wildman–Crippen MR) is 69.0 cm³/mol. The van der Waals surface area contributed by atoms with Crippen LogP contribution in [0, 0.1) is 12.6 Å². The third-order valence-corrected chi connectivity index (χ3v) is 1.46. The molecular formula is C11H21Cl2NTi. The van der Waals surface area contributed by atoms with Gasteiger partial charge in [-0.3, -0.25) is 12.6 Å². The Morgan fingerprint density at radius 2 is 2.07 bits per heavy atom. The fourth-order valence-electron chi connectivity index (χ4n) is 0.763. The van der Waals surface area contributed by atoms with Crippen LogP contribution in [0.15, 0.2) is 18.2 Å². The molecule has 88 valence electrons. The molecule has 1 aliphatic carbocycles. The molecular weight excluding hydrogens is 265 g/mol. The van der Waals surface area contributed by atoms with E-state index in [-0.39, 0.29) is 46.5 Å². The molecule has 1 rings (SSSR count). The molecule has 0 fully saturated rings. The molecule has 0 unspecified atom stereocenters. The van der Waals surface area contributed by atoms with Crippen LogP contribution in [0.3, 0.4) is 0 Å². The summed E-state index contributed by atoms with van der Waals surface area (Å²) in [4.78, 5) is 0. The molecule has 1 N–H and O–H groups in total. The number of unbranched alkanes of at least 4 members (excludes halogenated alkanes) is 1. The molecule has 0 bridgehead atoms. The average Bonchev–Trinajstić information content (AvgIpc) is 2.62. The summed E-state index contributed by atoms with van der Waals surface area (Å²) in [5, 5.41) is 3.12. The molecule has 0 saturated heterocycles. The molecule has 0 spiro atoms. The molecule has 0 aromatic carbocycles. The van der Waals surface area contributed by atoms with Crippen molar-refractivity contribution in [3.05, 3.63) is 30.8 Å². The third kappa shape index (κ3) is 25.2. The van der Waals surface area contributed by atoms with E-state index in [1.165, 1.54) is 12.8 Å². The third-order valence-electron chi connectivity index (χ3n) is 1.46. The first-order chi connectivity index (χ1) is 5.91. The zero-order valence-electron chi connectivity index (χ0n) is 9.45. The Morgan fingerprint density at radius 1 is 1.40 bits per heavy atom. The number of hydrogen-bond acceptors (Lipinski definition) is 1. The van der Waals surface area contributed by atoms with Crippen LogP contribution in [0.2, 0.25) is 0 Å². The summed E-state index contributed by atoms with van der Waals surface area (Å²) in [6.07, 6.45) is 12.6. The second-order valence-corrected chi connectivity index (χ2v) is 2.60. The Labute approximate surface area is 122 Å². The van der Waals surface area contributed by atoms with Crippen molar-refractivity contribution in [2.75, 3.05) is 6.54 Å². The van der Waals surface area contributed by atoms with Gasteiger partial charge in [0.1, 0.15) is 0 Å². The summed E-state index contributed by atoms with van der Waals surface area (Å²) >= 11 is 0. The van der Waals surface area contributed by atoms with E-state index < -0.39 is 0 Å². The van der Waals surface area contributed by atoms with Crippen LogP contribution in [0.4, 0.5) is 0 Å². The standard InChI is InChI=1S/C6H14N.C5H5.2ClH.Ti/c1-3-5-6-7-4-2;1-2-4-5-3-1;;;/h4,7H,3,5-6H2,1-2H3;1-3H,4H2;2*1H;/q2*-1;;;+2. The summed E-state index contributed by atoms with van der Waals surface area (Å²) in [7, 11) is 0. The molecule has 0 radical (unpaired) electrons. The molecule has 0 aromatic rings. The maximum Gasteiger partial charge on any atom is 2.00 e. The van der Waals surface area contributed by atoms with Gasteiger partial charge in [0.05, 0.1) is 0 Å². The van der Waals surface area contributed by atoms with E-state index >= 15 is 0 Å². The minimum Gasteiger partial charge on any atom is -0.470 e. The zero-order valence-corrected chi connectivity index (χ0v) is 12.6. The van der Waals surface area contributed by atoms with Gasteiger partial charge in [-0.25, -0.2) is 12.2 Å². The molecule has 4 heteroatoms. The van der Waals surface area contributed by atoms with Crippen LogP contribution in [-0.2, 0) is 21.7 Å². The van der Waals surface area contributed by atoms with Crippen LogP contribution in [-0.4, -0.2) is 6.54 Å². The maximum atomic E-state index is 3.12. The Hall–Kier alpha value is 0.734. The van der Waals surface area contributed by atoms with Crippen LogP contribution in [0.1, 0.15) is 33.1 Å². The van der Waals surface area contributed by atoms with E-state index in [1.807, 2.05) is 25.6 Å². The van der Waals surface area contributed by atoms with Crippen LogP contribution >= 0.6 is 24.8 Å². The number of allylic oxidation sites excluding steroid dienone is 4. The number of hydrogen-bond donors (Lipinski definition) is 1. The van der Waals surface area contributed by atoms with E-state index in [0.29, 0.717) is 0 Å². The molecule has 1 nitrogen and oxygen atoms in total. The van der Waals surface area contributed by atoms with Gasteiger partial charge in [-0.2, -0.15) is 13.0 Å². The van der Waals surface area contributed by atoms with E-state index in [1.54, 1.807) is 0 Å². The fourth-order valence-corrected chi connectivity index (χ4v) is 0.763. The van der Waals surface area contributed by atoms with Crippen LogP contribution in [0.5, 0.6) is 0 Å². The second kappa shape index (κ2) is 24.1. The largest absolute Gasteiger partial charge is 2.00 e. The molecule has 0 heterocycles. The van der Waals surface area contributed by atoms with Crippen molar-refractivity contribution < 1.29 is 21.7 Å². The zero-order chi connectivity index (χ0) is 9.07. The number of nitrogens with one attached hydrogen (secondary N) is 1. The minimum absolute atomic E-state index is 0. The Morgan fingerprint density at radius 3 is 2.33 bits per heavy atom. The fraction of sp³-hybridized carbons (Fsp3) is 0.545. The van der Waals surface area contributed by atoms with E-state index in [9.17, 15) is 0 Å². The van der Waals surface area contributed by atoms with Crippen LogP contribution in [0.25, 0.3) is 0 Å². The van der Waals surface area contributed by atoms with Gasteiger partial charge in [-0.1, -0.05) is 13.3 Å². The van der Waals surface area contributed by atoms with Gasteiger partial charge < -0.3 is 5.32 Å². The van der Waals surface area contributed by atoms with Crippen molar-refractivity contribution in [3.8, 4) is 0 Å². The normalized spacial score (nSPS) is 10.3. The Balaban J connectivity index is -0.0000000687. The van der Waals surface area contributed by atoms with Gasteiger partial charge in [0.25, 0.3) is 0 Å². The quantitative estimate of drug-likeness (QED) is 0.472. The molecule has 0 aliphatic heterocycles. The van der Waals surface area contributed by atoms with Gasteiger partial charge in [0, 0.05) is 0 Å². The topological polar surface area (TPSA) is 12.0 Å². The van der Waals surface area contributed by atoms with Crippen molar-refractivity contribution in [2.24, 2.45) is 0 Å². The van der Waals surface area contributed by atoms with Crippen molar-refractivity contribution >= 4 is 24.8 Å². The minimum atomic E-state index is 0. The Bertz CT molecular complexity index is 125. The first-order valence-electron chi connectivity index (χ1n) is 4.64. The molecule has 0 saturated carbocycles. The van der Waals surface area contributed by atoms with Crippen molar-refractivity contribution in [3.63, 3.8) is 0 Å². The first kappa shape index (κ1) is 24.8. The van der Waals surface area contributed by atoms with Gasteiger partial charge in [-0.05, 0) is 13.0 Å². The number of halogens is 2. The number of rotatable bonds is 4. The predicted octanol–water partition coefficient (Wildman–Crippen LogP) is 3.70. The average molecular weight is 286 g/mol. The second-order valence-electron chi connectivity index (χ2n) is 2.60. The molecule has 1 aliphatic rings. The van der Waals surface area contributed by atoms with E-state index in [0.717, 1.165) is 13.0 Å². The monoisotopic (exact) mass is 285 g/mol. The van der Waals surface area contributed by atoms with Gasteiger partial charge in [0.2, 0.25) is 0 Å². The smallest absolute Gasteiger partial charge is 0.470 e. The van der Waals surface area contributed by atoms with Gasteiger partial charge in [-0.15, -0.1) is 31.2 Å². The van der Waals surface area contributed by atoms with Crippen molar-refractivity contribution in [1.29, 1.82) is 0 Å². The van der Waals surface area contributed by atoms with Crippen molar-refractivity contribution in [1.82, 2.24) is 5.32 Å². The Kier molecular flexibility index (Phi) is 39.9.